The minimum atomic E-state index is 0.515. The van der Waals surface area contributed by atoms with Crippen molar-refractivity contribution in [2.75, 3.05) is 23.8 Å². The van der Waals surface area contributed by atoms with Gasteiger partial charge < -0.3 is 10.2 Å². The summed E-state index contributed by atoms with van der Waals surface area (Å²) in [5.74, 6) is 1.34. The number of aryl methyl sites for hydroxylation is 1. The van der Waals surface area contributed by atoms with Gasteiger partial charge >= 0.3 is 0 Å². The molecule has 21 heavy (non-hydrogen) atoms. The van der Waals surface area contributed by atoms with E-state index in [9.17, 15) is 0 Å². The highest BCUT2D eigenvalue weighted by Crippen LogP contribution is 2.22. The van der Waals surface area contributed by atoms with Crippen LogP contribution in [0.25, 0.3) is 0 Å². The van der Waals surface area contributed by atoms with Gasteiger partial charge in [-0.3, -0.25) is 0 Å². The van der Waals surface area contributed by atoms with Gasteiger partial charge in [-0.05, 0) is 37.1 Å². The number of anilines is 3. The van der Waals surface area contributed by atoms with Crippen LogP contribution in [0.1, 0.15) is 25.3 Å². The van der Waals surface area contributed by atoms with E-state index in [4.69, 9.17) is 0 Å². The van der Waals surface area contributed by atoms with Crippen LogP contribution in [0.4, 0.5) is 17.5 Å². The van der Waals surface area contributed by atoms with Gasteiger partial charge in [-0.2, -0.15) is 10.1 Å². The van der Waals surface area contributed by atoms with Gasteiger partial charge in [0.25, 0.3) is 0 Å². The van der Waals surface area contributed by atoms with Crippen molar-refractivity contribution < 1.29 is 0 Å². The third kappa shape index (κ3) is 4.39. The SMILES string of the molecule is CCCCN(C)c1cnnc(Nc2ccc(Br)cc2C)n1. The fourth-order valence-electron chi connectivity index (χ4n) is 1.93. The molecule has 2 aromatic rings. The Morgan fingerprint density at radius 1 is 1.33 bits per heavy atom. The molecule has 0 saturated carbocycles. The van der Waals surface area contributed by atoms with Gasteiger partial charge in [-0.15, -0.1) is 5.10 Å². The second-order valence-corrected chi connectivity index (χ2v) is 5.91. The molecule has 0 unspecified atom stereocenters. The summed E-state index contributed by atoms with van der Waals surface area (Å²) >= 11 is 3.46. The highest BCUT2D eigenvalue weighted by atomic mass is 79.9. The van der Waals surface area contributed by atoms with Crippen molar-refractivity contribution in [3.63, 3.8) is 0 Å². The molecule has 1 heterocycles. The number of hydrogen-bond acceptors (Lipinski definition) is 5. The molecule has 1 aromatic carbocycles. The van der Waals surface area contributed by atoms with E-state index in [1.54, 1.807) is 6.20 Å². The lowest BCUT2D eigenvalue weighted by molar-refractivity contribution is 0.754. The Labute approximate surface area is 133 Å². The molecule has 0 amide bonds. The van der Waals surface area contributed by atoms with Crippen LogP contribution < -0.4 is 10.2 Å². The maximum atomic E-state index is 4.51. The molecule has 112 valence electrons. The number of unbranched alkanes of at least 4 members (excludes halogenated alkanes) is 1. The number of aromatic nitrogens is 3. The minimum absolute atomic E-state index is 0.515. The topological polar surface area (TPSA) is 53.9 Å². The van der Waals surface area contributed by atoms with Crippen LogP contribution in [-0.4, -0.2) is 28.8 Å². The molecule has 0 aliphatic heterocycles. The molecule has 0 radical (unpaired) electrons. The second-order valence-electron chi connectivity index (χ2n) is 5.00. The molecule has 1 aromatic heterocycles. The zero-order chi connectivity index (χ0) is 15.2. The summed E-state index contributed by atoms with van der Waals surface area (Å²) in [4.78, 5) is 6.61. The molecule has 0 atom stereocenters. The van der Waals surface area contributed by atoms with Crippen LogP contribution in [-0.2, 0) is 0 Å². The predicted molar refractivity (Wildman–Crippen MR) is 90.2 cm³/mol. The van der Waals surface area contributed by atoms with Crippen LogP contribution in [0.2, 0.25) is 0 Å². The normalized spacial score (nSPS) is 10.5. The molecular formula is C15H20BrN5. The Morgan fingerprint density at radius 3 is 2.86 bits per heavy atom. The number of benzene rings is 1. The van der Waals surface area contributed by atoms with Gasteiger partial charge in [-0.25, -0.2) is 0 Å². The van der Waals surface area contributed by atoms with Crippen molar-refractivity contribution in [3.8, 4) is 0 Å². The van der Waals surface area contributed by atoms with Crippen molar-refractivity contribution in [2.45, 2.75) is 26.7 Å². The zero-order valence-electron chi connectivity index (χ0n) is 12.6. The Hall–Kier alpha value is -1.69. The van der Waals surface area contributed by atoms with E-state index in [2.05, 4.69) is 48.3 Å². The van der Waals surface area contributed by atoms with Crippen LogP contribution in [0, 0.1) is 6.92 Å². The van der Waals surface area contributed by atoms with E-state index in [-0.39, 0.29) is 0 Å². The highest BCUT2D eigenvalue weighted by Gasteiger charge is 2.07. The van der Waals surface area contributed by atoms with E-state index in [1.807, 2.05) is 32.2 Å². The first-order chi connectivity index (χ1) is 10.1. The Kier molecular flexibility index (Phi) is 5.50. The zero-order valence-corrected chi connectivity index (χ0v) is 14.2. The fraction of sp³-hybridized carbons (Fsp3) is 0.400. The Bertz CT molecular complexity index is 602. The lowest BCUT2D eigenvalue weighted by atomic mass is 10.2. The number of halogens is 1. The predicted octanol–water partition coefficient (Wildman–Crippen LogP) is 3.92. The summed E-state index contributed by atoms with van der Waals surface area (Å²) in [6.45, 7) is 5.18. The summed E-state index contributed by atoms with van der Waals surface area (Å²) in [5, 5.41) is 11.3. The summed E-state index contributed by atoms with van der Waals surface area (Å²) in [6.07, 6.45) is 3.98. The van der Waals surface area contributed by atoms with Gasteiger partial charge in [-0.1, -0.05) is 29.3 Å². The lowest BCUT2D eigenvalue weighted by Gasteiger charge is -2.17. The summed E-state index contributed by atoms with van der Waals surface area (Å²) in [7, 11) is 2.02. The van der Waals surface area contributed by atoms with E-state index < -0.39 is 0 Å². The standard InChI is InChI=1S/C15H20BrN5/c1-4-5-8-21(3)14-10-17-20-15(19-14)18-13-7-6-12(16)9-11(13)2/h6-7,9-10H,4-5,8H2,1-3H3,(H,18,19,20). The molecule has 0 fully saturated rings. The van der Waals surface area contributed by atoms with E-state index in [1.165, 1.54) is 0 Å². The molecular weight excluding hydrogens is 330 g/mol. The first kappa shape index (κ1) is 15.7. The quantitative estimate of drug-likeness (QED) is 0.856. The van der Waals surface area contributed by atoms with E-state index in [0.717, 1.165) is 40.9 Å². The summed E-state index contributed by atoms with van der Waals surface area (Å²) < 4.78 is 1.05. The molecule has 0 bridgehead atoms. The molecule has 0 saturated heterocycles. The average Bonchev–Trinajstić information content (AvgIpc) is 2.48. The maximum Gasteiger partial charge on any atom is 0.249 e. The Morgan fingerprint density at radius 2 is 2.14 bits per heavy atom. The summed E-state index contributed by atoms with van der Waals surface area (Å²) in [5.41, 5.74) is 2.10. The van der Waals surface area contributed by atoms with Crippen LogP contribution in [0.5, 0.6) is 0 Å². The first-order valence-electron chi connectivity index (χ1n) is 7.04. The third-order valence-electron chi connectivity index (χ3n) is 3.22. The largest absolute Gasteiger partial charge is 0.358 e. The van der Waals surface area contributed by atoms with E-state index in [0.29, 0.717) is 5.95 Å². The average molecular weight is 350 g/mol. The van der Waals surface area contributed by atoms with Gasteiger partial charge in [0.05, 0.1) is 6.20 Å². The highest BCUT2D eigenvalue weighted by molar-refractivity contribution is 9.10. The van der Waals surface area contributed by atoms with Crippen LogP contribution in [0.3, 0.4) is 0 Å². The van der Waals surface area contributed by atoms with Crippen molar-refractivity contribution >= 4 is 33.4 Å². The van der Waals surface area contributed by atoms with Crippen LogP contribution in [0.15, 0.2) is 28.9 Å². The Balaban J connectivity index is 2.13. The second kappa shape index (κ2) is 7.36. The fourth-order valence-corrected chi connectivity index (χ4v) is 2.40. The maximum absolute atomic E-state index is 4.51. The third-order valence-corrected chi connectivity index (χ3v) is 3.71. The van der Waals surface area contributed by atoms with Gasteiger partial charge in [0.2, 0.25) is 5.95 Å². The summed E-state index contributed by atoms with van der Waals surface area (Å²) in [6, 6.07) is 6.03. The molecule has 0 aliphatic carbocycles. The molecule has 0 spiro atoms. The van der Waals surface area contributed by atoms with Gasteiger partial charge in [0.1, 0.15) is 0 Å². The molecule has 0 aliphatic rings. The van der Waals surface area contributed by atoms with Gasteiger partial charge in [0.15, 0.2) is 5.82 Å². The number of nitrogens with zero attached hydrogens (tertiary/aromatic N) is 4. The lowest BCUT2D eigenvalue weighted by Crippen LogP contribution is -2.20. The van der Waals surface area contributed by atoms with Crippen molar-refractivity contribution in [1.29, 1.82) is 0 Å². The first-order valence-corrected chi connectivity index (χ1v) is 7.83. The smallest absolute Gasteiger partial charge is 0.249 e. The van der Waals surface area contributed by atoms with Crippen molar-refractivity contribution in [3.05, 3.63) is 34.4 Å². The monoisotopic (exact) mass is 349 g/mol. The number of hydrogen-bond donors (Lipinski definition) is 1. The van der Waals surface area contributed by atoms with Crippen molar-refractivity contribution in [2.24, 2.45) is 0 Å². The molecule has 2 rings (SSSR count). The van der Waals surface area contributed by atoms with E-state index >= 15 is 0 Å². The number of nitrogens with one attached hydrogen (secondary N) is 1. The molecule has 5 nitrogen and oxygen atoms in total. The van der Waals surface area contributed by atoms with Crippen LogP contribution >= 0.6 is 15.9 Å². The van der Waals surface area contributed by atoms with Crippen molar-refractivity contribution in [1.82, 2.24) is 15.2 Å². The number of rotatable bonds is 6. The molecule has 6 heteroatoms. The molecule has 1 N–H and O–H groups in total. The van der Waals surface area contributed by atoms with Gasteiger partial charge in [0, 0.05) is 23.8 Å². The minimum Gasteiger partial charge on any atom is -0.358 e.